The molecule has 2 heterocycles. The van der Waals surface area contributed by atoms with Gasteiger partial charge in [0.2, 0.25) is 21.8 Å². The Labute approximate surface area is 319 Å². The van der Waals surface area contributed by atoms with Gasteiger partial charge >= 0.3 is 6.09 Å². The molecular formula is C37H48N6O9S2. The maximum absolute atomic E-state index is 14.5. The summed E-state index contributed by atoms with van der Waals surface area (Å²) in [4.78, 5) is 66.8. The molecule has 4 fully saturated rings. The van der Waals surface area contributed by atoms with Crippen molar-refractivity contribution in [3.8, 4) is 16.3 Å². The Hall–Kier alpha value is -4.51. The zero-order valence-corrected chi connectivity index (χ0v) is 32.5. The molecule has 0 radical (unpaired) electrons. The van der Waals surface area contributed by atoms with Crippen LogP contribution in [0.1, 0.15) is 77.7 Å². The minimum atomic E-state index is -3.90. The van der Waals surface area contributed by atoms with Crippen LogP contribution in [0.3, 0.4) is 0 Å². The predicted octanol–water partition coefficient (Wildman–Crippen LogP) is 3.89. The van der Waals surface area contributed by atoms with Crippen LogP contribution in [0.2, 0.25) is 0 Å². The smallest absolute Gasteiger partial charge is 0.408 e. The quantitative estimate of drug-likeness (QED) is 0.144. The summed E-state index contributed by atoms with van der Waals surface area (Å²) in [5.74, 6) is -2.01. The number of hydrogen-bond acceptors (Lipinski definition) is 12. The molecule has 6 rings (SSSR count). The van der Waals surface area contributed by atoms with E-state index in [4.69, 9.17) is 14.3 Å². The van der Waals surface area contributed by atoms with E-state index < -0.39 is 74.1 Å². The van der Waals surface area contributed by atoms with Gasteiger partial charge in [-0.3, -0.25) is 19.1 Å². The van der Waals surface area contributed by atoms with Crippen LogP contribution in [-0.2, 0) is 34.0 Å². The molecule has 1 aromatic heterocycles. The molecule has 1 aliphatic heterocycles. The summed E-state index contributed by atoms with van der Waals surface area (Å²) < 4.78 is 38.5. The van der Waals surface area contributed by atoms with Crippen LogP contribution >= 0.6 is 11.3 Å². The normalized spacial score (nSPS) is 24.8. The number of benzene rings is 1. The highest BCUT2D eigenvalue weighted by Gasteiger charge is 2.62. The summed E-state index contributed by atoms with van der Waals surface area (Å²) in [7, 11) is -2.35. The van der Waals surface area contributed by atoms with E-state index in [1.807, 2.05) is 17.5 Å². The van der Waals surface area contributed by atoms with Crippen molar-refractivity contribution in [3.63, 3.8) is 0 Å². The molecular weight excluding hydrogens is 737 g/mol. The van der Waals surface area contributed by atoms with Gasteiger partial charge in [0, 0.05) is 35.0 Å². The fraction of sp³-hybridized carbons (Fsp3) is 0.568. The number of oxime groups is 1. The molecule has 3 N–H and O–H groups in total. The standard InChI is InChI=1S/C37H48N6O9S2/c1-6-23-19-37(23,34(46)42-54(48,49)27-12-13-27)41-31(44)29-18-26(52-39-20-22-17-25(50-5)11-14-28(22)32-38-15-16-53-32)21-43(29)33(45)30(36(2,3)4)40-35(47)51-24-9-7-8-10-24/h6,11,14-17,20,23-24,26-27,29-30H,1,7-10,12-13,18-19,21H2,2-5H3,(H,40,47)(H,41,44)(H,42,46)/b39-20+/t23-,26-,29+,30-,37+/m1/s1. The van der Waals surface area contributed by atoms with E-state index in [9.17, 15) is 27.6 Å². The Balaban J connectivity index is 1.24. The molecule has 0 unspecified atom stereocenters. The lowest BCUT2D eigenvalue weighted by Crippen LogP contribution is -2.60. The van der Waals surface area contributed by atoms with E-state index in [0.717, 1.165) is 36.3 Å². The fourth-order valence-electron chi connectivity index (χ4n) is 7.01. The highest BCUT2D eigenvalue weighted by atomic mass is 32.2. The van der Waals surface area contributed by atoms with E-state index >= 15 is 0 Å². The zero-order chi connectivity index (χ0) is 38.8. The van der Waals surface area contributed by atoms with Crippen LogP contribution in [0.15, 0.2) is 47.6 Å². The SMILES string of the molecule is C=C[C@@H]1C[C@@]1(NC(=O)[C@@H]1C[C@@H](O/N=C/c2cc(OC)ccc2-c2nccs2)CN1C(=O)[C@@H](NC(=O)OC1CCCC1)C(C)(C)C)C(=O)NS(=O)(=O)C1CC1. The third-order valence-corrected chi connectivity index (χ3v) is 13.0. The molecule has 54 heavy (non-hydrogen) atoms. The number of rotatable bonds is 14. The van der Waals surface area contributed by atoms with Crippen LogP contribution in [0.4, 0.5) is 4.79 Å². The van der Waals surface area contributed by atoms with E-state index in [2.05, 4.69) is 32.1 Å². The molecule has 0 spiro atoms. The highest BCUT2D eigenvalue weighted by Crippen LogP contribution is 2.45. The Morgan fingerprint density at radius 3 is 2.48 bits per heavy atom. The average Bonchev–Trinajstić information content (AvgIpc) is 3.88. The number of amides is 4. The van der Waals surface area contributed by atoms with Crippen molar-refractivity contribution in [2.75, 3.05) is 13.7 Å². The maximum Gasteiger partial charge on any atom is 0.408 e. The molecule has 2 aromatic rings. The number of likely N-dealkylation sites (tertiary alicyclic amines) is 1. The number of hydrogen-bond donors (Lipinski definition) is 3. The van der Waals surface area contributed by atoms with Gasteiger partial charge in [-0.1, -0.05) is 32.0 Å². The number of nitrogens with one attached hydrogen (secondary N) is 3. The van der Waals surface area contributed by atoms with Gasteiger partial charge in [-0.15, -0.1) is 17.9 Å². The largest absolute Gasteiger partial charge is 0.497 e. The second kappa shape index (κ2) is 15.7. The molecule has 292 valence electrons. The van der Waals surface area contributed by atoms with Crippen molar-refractivity contribution in [1.29, 1.82) is 0 Å². The van der Waals surface area contributed by atoms with Crippen molar-refractivity contribution in [3.05, 3.63) is 48.0 Å². The highest BCUT2D eigenvalue weighted by molar-refractivity contribution is 7.91. The van der Waals surface area contributed by atoms with Gasteiger partial charge in [-0.2, -0.15) is 0 Å². The molecule has 1 saturated heterocycles. The lowest BCUT2D eigenvalue weighted by Gasteiger charge is -2.35. The van der Waals surface area contributed by atoms with Crippen molar-refractivity contribution >= 4 is 51.4 Å². The topological polar surface area (TPSA) is 195 Å². The summed E-state index contributed by atoms with van der Waals surface area (Å²) in [6.45, 7) is 9.07. The van der Waals surface area contributed by atoms with Crippen LogP contribution in [0.25, 0.3) is 10.6 Å². The number of methoxy groups -OCH3 is 1. The first-order chi connectivity index (χ1) is 25.6. The van der Waals surface area contributed by atoms with E-state index in [1.165, 1.54) is 28.5 Å². The lowest BCUT2D eigenvalue weighted by molar-refractivity contribution is -0.143. The van der Waals surface area contributed by atoms with Crippen LogP contribution < -0.4 is 20.1 Å². The maximum atomic E-state index is 14.5. The Morgan fingerprint density at radius 1 is 1.13 bits per heavy atom. The van der Waals surface area contributed by atoms with Gasteiger partial charge < -0.3 is 29.8 Å². The molecule has 3 saturated carbocycles. The first-order valence-electron chi connectivity index (χ1n) is 18.2. The molecule has 17 heteroatoms. The second-order valence-electron chi connectivity index (χ2n) is 15.4. The fourth-order valence-corrected chi connectivity index (χ4v) is 9.06. The number of aromatic nitrogens is 1. The number of ether oxygens (including phenoxy) is 2. The first-order valence-corrected chi connectivity index (χ1v) is 20.6. The van der Waals surface area contributed by atoms with Crippen molar-refractivity contribution < 1.29 is 41.9 Å². The van der Waals surface area contributed by atoms with Crippen LogP contribution in [0.5, 0.6) is 5.75 Å². The number of carbonyl (C=O) groups is 4. The van der Waals surface area contributed by atoms with Gasteiger partial charge in [0.15, 0.2) is 0 Å². The van der Waals surface area contributed by atoms with Crippen molar-refractivity contribution in [1.82, 2.24) is 25.2 Å². The molecule has 15 nitrogen and oxygen atoms in total. The van der Waals surface area contributed by atoms with Crippen molar-refractivity contribution in [2.24, 2.45) is 16.5 Å². The van der Waals surface area contributed by atoms with E-state index in [0.29, 0.717) is 24.2 Å². The van der Waals surface area contributed by atoms with Crippen LogP contribution in [-0.4, -0.2) is 97.1 Å². The van der Waals surface area contributed by atoms with Crippen LogP contribution in [0, 0.1) is 11.3 Å². The Morgan fingerprint density at radius 2 is 1.87 bits per heavy atom. The van der Waals surface area contributed by atoms with E-state index in [-0.39, 0.29) is 25.5 Å². The first kappa shape index (κ1) is 39.2. The molecule has 4 amide bonds. The molecule has 4 aliphatic rings. The summed E-state index contributed by atoms with van der Waals surface area (Å²) in [6, 6.07) is 3.21. The second-order valence-corrected chi connectivity index (χ2v) is 18.3. The Kier molecular flexibility index (Phi) is 11.4. The van der Waals surface area contributed by atoms with Gasteiger partial charge in [-0.25, -0.2) is 18.2 Å². The minimum Gasteiger partial charge on any atom is -0.497 e. The minimum absolute atomic E-state index is 0.00737. The summed E-state index contributed by atoms with van der Waals surface area (Å²) >= 11 is 1.46. The summed E-state index contributed by atoms with van der Waals surface area (Å²) in [5, 5.41) is 11.8. The molecule has 0 bridgehead atoms. The van der Waals surface area contributed by atoms with Gasteiger partial charge in [0.1, 0.15) is 40.6 Å². The molecule has 3 aliphatic carbocycles. The predicted molar refractivity (Wildman–Crippen MR) is 201 cm³/mol. The van der Waals surface area contributed by atoms with Gasteiger partial charge in [-0.05, 0) is 68.6 Å². The van der Waals surface area contributed by atoms with Gasteiger partial charge in [0.25, 0.3) is 5.91 Å². The van der Waals surface area contributed by atoms with Crippen molar-refractivity contribution in [2.45, 2.75) is 107 Å². The third-order valence-electron chi connectivity index (χ3n) is 10.4. The van der Waals surface area contributed by atoms with Gasteiger partial charge in [0.05, 0.1) is 25.1 Å². The zero-order valence-electron chi connectivity index (χ0n) is 30.9. The summed E-state index contributed by atoms with van der Waals surface area (Å²) in [5.41, 5.74) is -0.889. The van der Waals surface area contributed by atoms with E-state index in [1.54, 1.807) is 40.1 Å². The monoisotopic (exact) mass is 784 g/mol. The number of sulfonamides is 1. The number of thiazole rings is 1. The third kappa shape index (κ3) is 8.72. The summed E-state index contributed by atoms with van der Waals surface area (Å²) in [6.07, 6.45) is 7.44. The number of nitrogens with zero attached hydrogens (tertiary/aromatic N) is 3. The number of alkyl carbamates (subject to hydrolysis) is 1. The molecule has 1 aromatic carbocycles. The molecule has 5 atom stereocenters. The Bertz CT molecular complexity index is 1890. The number of carbonyl (C=O) groups excluding carboxylic acids is 4. The lowest BCUT2D eigenvalue weighted by atomic mass is 9.85. The average molecular weight is 785 g/mol.